The second-order valence-electron chi connectivity index (χ2n) is 6.47. The lowest BCUT2D eigenvalue weighted by Crippen LogP contribution is -2.37. The molecule has 2 N–H and O–H groups in total. The Labute approximate surface area is 198 Å². The summed E-state index contributed by atoms with van der Waals surface area (Å²) in [5, 5.41) is 11.5. The van der Waals surface area contributed by atoms with E-state index in [4.69, 9.17) is 16.3 Å². The van der Waals surface area contributed by atoms with Gasteiger partial charge in [-0.15, -0.1) is 24.0 Å². The zero-order valence-electron chi connectivity index (χ0n) is 17.0. The first-order chi connectivity index (χ1) is 14.2. The number of methoxy groups -OCH3 is 1. The van der Waals surface area contributed by atoms with Crippen molar-refractivity contribution in [3.05, 3.63) is 76.8 Å². The van der Waals surface area contributed by atoms with Crippen LogP contribution in [0.1, 0.15) is 16.7 Å². The fourth-order valence-corrected chi connectivity index (χ4v) is 3.18. The largest absolute Gasteiger partial charge is 0.497 e. The van der Waals surface area contributed by atoms with Crippen LogP contribution in [0.15, 0.2) is 60.1 Å². The molecule has 2 aromatic carbocycles. The van der Waals surface area contributed by atoms with E-state index in [2.05, 4.69) is 43.9 Å². The Hall–Kier alpha value is -2.33. The van der Waals surface area contributed by atoms with E-state index >= 15 is 0 Å². The SMILES string of the molecule is CN=C(NCCc1ccc(OC)cc1Cl)NCc1cccc(Cn2cncn2)c1.I. The second kappa shape index (κ2) is 12.4. The Morgan fingerprint density at radius 3 is 2.70 bits per heavy atom. The third-order valence-corrected chi connectivity index (χ3v) is 4.78. The molecule has 0 unspecified atom stereocenters. The van der Waals surface area contributed by atoms with Gasteiger partial charge >= 0.3 is 0 Å². The molecule has 0 aliphatic heterocycles. The van der Waals surface area contributed by atoms with Crippen LogP contribution < -0.4 is 15.4 Å². The van der Waals surface area contributed by atoms with E-state index < -0.39 is 0 Å². The minimum Gasteiger partial charge on any atom is -0.497 e. The third-order valence-electron chi connectivity index (χ3n) is 4.43. The molecule has 0 saturated carbocycles. The van der Waals surface area contributed by atoms with E-state index in [0.717, 1.165) is 30.2 Å². The minimum atomic E-state index is 0. The molecule has 0 aliphatic rings. The van der Waals surface area contributed by atoms with Crippen molar-refractivity contribution in [2.75, 3.05) is 20.7 Å². The summed E-state index contributed by atoms with van der Waals surface area (Å²) >= 11 is 6.30. The Morgan fingerprint density at radius 2 is 2.00 bits per heavy atom. The van der Waals surface area contributed by atoms with Gasteiger partial charge < -0.3 is 15.4 Å². The summed E-state index contributed by atoms with van der Waals surface area (Å²) in [5.74, 6) is 1.51. The average molecular weight is 541 g/mol. The van der Waals surface area contributed by atoms with Crippen LogP contribution in [0.2, 0.25) is 5.02 Å². The molecule has 160 valence electrons. The molecule has 1 heterocycles. The highest BCUT2D eigenvalue weighted by atomic mass is 127. The fraction of sp³-hybridized carbons (Fsp3) is 0.286. The Bertz CT molecular complexity index is 948. The van der Waals surface area contributed by atoms with Gasteiger partial charge in [0.25, 0.3) is 0 Å². The lowest BCUT2D eigenvalue weighted by Gasteiger charge is -2.13. The molecule has 9 heteroatoms. The van der Waals surface area contributed by atoms with E-state index in [-0.39, 0.29) is 24.0 Å². The molecule has 7 nitrogen and oxygen atoms in total. The van der Waals surface area contributed by atoms with Crippen molar-refractivity contribution in [2.45, 2.75) is 19.5 Å². The maximum atomic E-state index is 6.30. The van der Waals surface area contributed by atoms with Crippen molar-refractivity contribution in [2.24, 2.45) is 4.99 Å². The molecule has 0 atom stereocenters. The van der Waals surface area contributed by atoms with Gasteiger partial charge in [-0.1, -0.05) is 41.9 Å². The normalized spacial score (nSPS) is 11.0. The Kier molecular flexibility index (Phi) is 9.88. The number of hydrogen-bond acceptors (Lipinski definition) is 4. The van der Waals surface area contributed by atoms with Crippen LogP contribution in [0, 0.1) is 0 Å². The summed E-state index contributed by atoms with van der Waals surface area (Å²) in [6.45, 7) is 2.09. The first-order valence-electron chi connectivity index (χ1n) is 9.35. The third kappa shape index (κ3) is 7.17. The summed E-state index contributed by atoms with van der Waals surface area (Å²) < 4.78 is 6.99. The standard InChI is InChI=1S/C21H25ClN6O.HI/c1-23-21(25-9-8-18-6-7-19(29-2)11-20(18)22)26-12-16-4-3-5-17(10-16)13-28-15-24-14-27-28;/h3-7,10-11,14-15H,8-9,12-13H2,1-2H3,(H2,23,25,26);1H. The molecule has 0 saturated heterocycles. The molecule has 0 radical (unpaired) electrons. The first kappa shape index (κ1) is 23.9. The predicted octanol–water partition coefficient (Wildman–Crippen LogP) is 3.51. The number of hydrogen-bond donors (Lipinski definition) is 2. The average Bonchev–Trinajstić information content (AvgIpc) is 3.24. The summed E-state index contributed by atoms with van der Waals surface area (Å²) in [6.07, 6.45) is 4.04. The van der Waals surface area contributed by atoms with E-state index in [9.17, 15) is 0 Å². The van der Waals surface area contributed by atoms with Crippen LogP contribution in [0.4, 0.5) is 0 Å². The summed E-state index contributed by atoms with van der Waals surface area (Å²) in [7, 11) is 3.39. The number of guanidine groups is 1. The number of ether oxygens (including phenoxy) is 1. The van der Waals surface area contributed by atoms with Gasteiger partial charge in [-0.25, -0.2) is 9.67 Å². The van der Waals surface area contributed by atoms with Gasteiger partial charge in [0.05, 0.1) is 13.7 Å². The number of halogens is 2. The molecule has 0 spiro atoms. The number of aliphatic imine (C=N–C) groups is 1. The van der Waals surface area contributed by atoms with Crippen LogP contribution in [-0.2, 0) is 19.5 Å². The van der Waals surface area contributed by atoms with Crippen molar-refractivity contribution in [1.82, 2.24) is 25.4 Å². The monoisotopic (exact) mass is 540 g/mol. The lowest BCUT2D eigenvalue weighted by molar-refractivity contribution is 0.414. The molecule has 3 aromatic rings. The van der Waals surface area contributed by atoms with Crippen molar-refractivity contribution >= 4 is 41.5 Å². The van der Waals surface area contributed by atoms with Gasteiger partial charge in [-0.3, -0.25) is 4.99 Å². The number of nitrogens with zero attached hydrogens (tertiary/aromatic N) is 4. The van der Waals surface area contributed by atoms with E-state index in [1.54, 1.807) is 31.5 Å². The quantitative estimate of drug-likeness (QED) is 0.260. The predicted molar refractivity (Wildman–Crippen MR) is 131 cm³/mol. The minimum absolute atomic E-state index is 0. The van der Waals surface area contributed by atoms with Gasteiger partial charge in [-0.2, -0.15) is 5.10 Å². The van der Waals surface area contributed by atoms with Crippen molar-refractivity contribution in [3.8, 4) is 5.75 Å². The molecular formula is C21H26ClIN6O. The first-order valence-corrected chi connectivity index (χ1v) is 9.73. The van der Waals surface area contributed by atoms with Gasteiger partial charge in [-0.05, 0) is 35.2 Å². The van der Waals surface area contributed by atoms with Crippen molar-refractivity contribution in [3.63, 3.8) is 0 Å². The zero-order valence-corrected chi connectivity index (χ0v) is 20.1. The van der Waals surface area contributed by atoms with Gasteiger partial charge in [0.2, 0.25) is 0 Å². The van der Waals surface area contributed by atoms with Gasteiger partial charge in [0, 0.05) is 25.2 Å². The Morgan fingerprint density at radius 1 is 1.17 bits per heavy atom. The van der Waals surface area contributed by atoms with E-state index in [1.807, 2.05) is 24.3 Å². The zero-order chi connectivity index (χ0) is 20.5. The smallest absolute Gasteiger partial charge is 0.191 e. The van der Waals surface area contributed by atoms with Crippen molar-refractivity contribution < 1.29 is 4.74 Å². The van der Waals surface area contributed by atoms with Crippen LogP contribution in [-0.4, -0.2) is 41.4 Å². The summed E-state index contributed by atoms with van der Waals surface area (Å²) in [4.78, 5) is 8.26. The summed E-state index contributed by atoms with van der Waals surface area (Å²) in [5.41, 5.74) is 3.41. The molecular weight excluding hydrogens is 515 g/mol. The maximum Gasteiger partial charge on any atom is 0.191 e. The molecule has 0 bridgehead atoms. The van der Waals surface area contributed by atoms with Gasteiger partial charge in [0.15, 0.2) is 5.96 Å². The maximum absolute atomic E-state index is 6.30. The Balaban J connectivity index is 0.00000320. The number of benzene rings is 2. The highest BCUT2D eigenvalue weighted by Crippen LogP contribution is 2.22. The van der Waals surface area contributed by atoms with Crippen LogP contribution >= 0.6 is 35.6 Å². The number of rotatable bonds is 8. The second-order valence-corrected chi connectivity index (χ2v) is 6.88. The fourth-order valence-electron chi connectivity index (χ4n) is 2.92. The van der Waals surface area contributed by atoms with Crippen LogP contribution in [0.25, 0.3) is 0 Å². The topological polar surface area (TPSA) is 76.4 Å². The molecule has 0 aliphatic carbocycles. The van der Waals surface area contributed by atoms with Gasteiger partial charge in [0.1, 0.15) is 18.4 Å². The molecule has 0 amide bonds. The number of nitrogens with one attached hydrogen (secondary N) is 2. The number of aromatic nitrogens is 3. The molecule has 1 aromatic heterocycles. The molecule has 3 rings (SSSR count). The summed E-state index contributed by atoms with van der Waals surface area (Å²) in [6, 6.07) is 14.1. The van der Waals surface area contributed by atoms with Crippen molar-refractivity contribution in [1.29, 1.82) is 0 Å². The highest BCUT2D eigenvalue weighted by Gasteiger charge is 2.04. The molecule has 30 heavy (non-hydrogen) atoms. The van der Waals surface area contributed by atoms with E-state index in [1.165, 1.54) is 11.1 Å². The van der Waals surface area contributed by atoms with Crippen LogP contribution in [0.5, 0.6) is 5.75 Å². The van der Waals surface area contributed by atoms with E-state index in [0.29, 0.717) is 18.1 Å². The highest BCUT2D eigenvalue weighted by molar-refractivity contribution is 14.0. The van der Waals surface area contributed by atoms with Crippen LogP contribution in [0.3, 0.4) is 0 Å². The lowest BCUT2D eigenvalue weighted by atomic mass is 10.1. The molecule has 0 fully saturated rings.